The number of aryl methyl sites for hydroxylation is 2. The van der Waals surface area contributed by atoms with Crippen molar-refractivity contribution in [1.82, 2.24) is 29.1 Å². The van der Waals surface area contributed by atoms with Crippen molar-refractivity contribution in [2.24, 2.45) is 7.05 Å². The number of unbranched alkanes of at least 4 members (excludes halogenated alkanes) is 2. The minimum atomic E-state index is -0.113. The number of imidazole rings is 1. The first kappa shape index (κ1) is 23.7. The Balaban J connectivity index is 1.37. The number of fused-ring (bicyclic) bond motifs is 4. The Morgan fingerprint density at radius 3 is 2.69 bits per heavy atom. The van der Waals surface area contributed by atoms with Crippen LogP contribution in [0, 0.1) is 6.92 Å². The third-order valence-corrected chi connectivity index (χ3v) is 6.35. The van der Waals surface area contributed by atoms with Crippen molar-refractivity contribution in [3.63, 3.8) is 0 Å². The molecule has 9 nitrogen and oxygen atoms in total. The molecule has 3 heterocycles. The van der Waals surface area contributed by atoms with Crippen molar-refractivity contribution in [3.8, 4) is 11.4 Å². The van der Waals surface area contributed by atoms with E-state index >= 15 is 0 Å². The molecule has 0 saturated heterocycles. The summed E-state index contributed by atoms with van der Waals surface area (Å²) >= 11 is 0. The molecule has 36 heavy (non-hydrogen) atoms. The summed E-state index contributed by atoms with van der Waals surface area (Å²) in [6.45, 7) is 5.17. The number of hydrogen-bond acceptors (Lipinski definition) is 7. The normalized spacial score (nSPS) is 11.5. The Morgan fingerprint density at radius 1 is 1.00 bits per heavy atom. The van der Waals surface area contributed by atoms with Gasteiger partial charge in [-0.1, -0.05) is 25.5 Å². The summed E-state index contributed by atoms with van der Waals surface area (Å²) in [6.07, 6.45) is 3.98. The van der Waals surface area contributed by atoms with Gasteiger partial charge in [-0.3, -0.25) is 9.20 Å². The molecule has 0 atom stereocenters. The molecule has 0 radical (unpaired) electrons. The number of nitrogens with one attached hydrogen (secondary N) is 1. The van der Waals surface area contributed by atoms with Gasteiger partial charge in [0.15, 0.2) is 5.82 Å². The molecule has 9 heteroatoms. The monoisotopic (exact) mass is 485 g/mol. The molecule has 0 aliphatic carbocycles. The van der Waals surface area contributed by atoms with Crippen LogP contribution in [0.15, 0.2) is 42.5 Å². The molecule has 186 valence electrons. The Bertz CT molecular complexity index is 1540. The van der Waals surface area contributed by atoms with Crippen LogP contribution in [0.4, 0.5) is 5.82 Å². The summed E-state index contributed by atoms with van der Waals surface area (Å²) in [5.41, 5.74) is 5.56. The predicted octanol–water partition coefficient (Wildman–Crippen LogP) is 5.07. The molecule has 0 amide bonds. The van der Waals surface area contributed by atoms with Crippen molar-refractivity contribution >= 4 is 39.5 Å². The van der Waals surface area contributed by atoms with Gasteiger partial charge >= 0.3 is 5.97 Å². The van der Waals surface area contributed by atoms with E-state index in [1.165, 1.54) is 0 Å². The molecule has 2 aromatic carbocycles. The molecule has 0 saturated carbocycles. The molecule has 0 aliphatic rings. The van der Waals surface area contributed by atoms with Gasteiger partial charge in [0.25, 0.3) is 0 Å². The smallest absolute Gasteiger partial charge is 0.305 e. The number of rotatable bonds is 10. The van der Waals surface area contributed by atoms with Gasteiger partial charge in [-0.25, -0.2) is 9.97 Å². The van der Waals surface area contributed by atoms with E-state index in [4.69, 9.17) is 14.7 Å². The van der Waals surface area contributed by atoms with Crippen molar-refractivity contribution in [2.45, 2.75) is 46.0 Å². The maximum atomic E-state index is 11.7. The Kier molecular flexibility index (Phi) is 6.79. The van der Waals surface area contributed by atoms with Crippen LogP contribution in [0.25, 0.3) is 39.1 Å². The zero-order valence-corrected chi connectivity index (χ0v) is 21.0. The topological polar surface area (TPSA) is 99.2 Å². The summed E-state index contributed by atoms with van der Waals surface area (Å²) in [6, 6.07) is 14.3. The number of carbonyl (C=O) groups is 1. The van der Waals surface area contributed by atoms with E-state index in [0.717, 1.165) is 71.5 Å². The second kappa shape index (κ2) is 10.3. The summed E-state index contributed by atoms with van der Waals surface area (Å²) in [7, 11) is 2.03. The van der Waals surface area contributed by atoms with E-state index in [9.17, 15) is 4.79 Å². The highest BCUT2D eigenvalue weighted by Crippen LogP contribution is 2.28. The van der Waals surface area contributed by atoms with Gasteiger partial charge in [-0.05, 0) is 56.5 Å². The van der Waals surface area contributed by atoms with Gasteiger partial charge in [-0.2, -0.15) is 0 Å². The number of anilines is 1. The van der Waals surface area contributed by atoms with Crippen molar-refractivity contribution in [2.75, 3.05) is 18.5 Å². The fourth-order valence-corrected chi connectivity index (χ4v) is 4.50. The van der Waals surface area contributed by atoms with Gasteiger partial charge in [0, 0.05) is 25.6 Å². The highest BCUT2D eigenvalue weighted by atomic mass is 16.5. The first-order valence-corrected chi connectivity index (χ1v) is 12.5. The molecular formula is C27H31N7O2. The standard InChI is InChI=1S/C27H31N7O2/c1-4-16-36-24(35)12-6-5-9-15-28-25-27-32-31-18(2)34(27)23-14-13-19(17-21(23)29-25)26-30-20-10-7-8-11-22(20)33(26)3/h7-8,10-11,13-14,17H,4-6,9,12,15-16H2,1-3H3,(H,28,29). The van der Waals surface area contributed by atoms with Crippen molar-refractivity contribution < 1.29 is 9.53 Å². The second-order valence-electron chi connectivity index (χ2n) is 9.01. The minimum Gasteiger partial charge on any atom is -0.466 e. The molecule has 1 N–H and O–H groups in total. The van der Waals surface area contributed by atoms with Crippen LogP contribution in [-0.4, -0.2) is 48.3 Å². The fourth-order valence-electron chi connectivity index (χ4n) is 4.50. The summed E-state index contributed by atoms with van der Waals surface area (Å²) < 4.78 is 9.28. The third kappa shape index (κ3) is 4.60. The maximum Gasteiger partial charge on any atom is 0.305 e. The molecular weight excluding hydrogens is 454 g/mol. The lowest BCUT2D eigenvalue weighted by Crippen LogP contribution is -2.08. The molecule has 0 aliphatic heterocycles. The zero-order valence-electron chi connectivity index (χ0n) is 21.0. The summed E-state index contributed by atoms with van der Waals surface area (Å²) in [4.78, 5) is 21.4. The van der Waals surface area contributed by atoms with E-state index in [1.807, 2.05) is 43.5 Å². The lowest BCUT2D eigenvalue weighted by molar-refractivity contribution is -0.143. The highest BCUT2D eigenvalue weighted by molar-refractivity contribution is 5.88. The van der Waals surface area contributed by atoms with Crippen LogP contribution in [-0.2, 0) is 16.6 Å². The molecule has 0 fully saturated rings. The minimum absolute atomic E-state index is 0.113. The molecule has 0 unspecified atom stereocenters. The Hall–Kier alpha value is -4.01. The number of benzene rings is 2. The largest absolute Gasteiger partial charge is 0.466 e. The van der Waals surface area contributed by atoms with Crippen LogP contribution in [0.2, 0.25) is 0 Å². The number of carbonyl (C=O) groups excluding carboxylic acids is 1. The maximum absolute atomic E-state index is 11.7. The zero-order chi connectivity index (χ0) is 25.1. The van der Waals surface area contributed by atoms with Crippen LogP contribution >= 0.6 is 0 Å². The summed E-state index contributed by atoms with van der Waals surface area (Å²) in [5.74, 6) is 2.29. The number of ether oxygens (including phenoxy) is 1. The average Bonchev–Trinajstić information content (AvgIpc) is 3.45. The molecule has 5 aromatic rings. The molecule has 5 rings (SSSR count). The van der Waals surface area contributed by atoms with Crippen molar-refractivity contribution in [3.05, 3.63) is 48.3 Å². The first-order chi connectivity index (χ1) is 17.6. The van der Waals surface area contributed by atoms with E-state index < -0.39 is 0 Å². The van der Waals surface area contributed by atoms with Gasteiger partial charge in [0.05, 0.1) is 28.7 Å². The molecule has 0 bridgehead atoms. The highest BCUT2D eigenvalue weighted by Gasteiger charge is 2.16. The van der Waals surface area contributed by atoms with Crippen LogP contribution in [0.5, 0.6) is 0 Å². The number of esters is 1. The summed E-state index contributed by atoms with van der Waals surface area (Å²) in [5, 5.41) is 12.1. The fraction of sp³-hybridized carbons (Fsp3) is 0.370. The van der Waals surface area contributed by atoms with E-state index in [0.29, 0.717) is 24.5 Å². The average molecular weight is 486 g/mol. The SMILES string of the molecule is CCCOC(=O)CCCCCNc1nc2cc(-c3nc4ccccc4n3C)ccc2n2c(C)nnc12. The Morgan fingerprint density at radius 2 is 1.86 bits per heavy atom. The van der Waals surface area contributed by atoms with Gasteiger partial charge in [0.2, 0.25) is 5.65 Å². The Labute approximate surface area is 209 Å². The third-order valence-electron chi connectivity index (χ3n) is 6.35. The lowest BCUT2D eigenvalue weighted by Gasteiger charge is -2.11. The van der Waals surface area contributed by atoms with Crippen LogP contribution < -0.4 is 5.32 Å². The quantitative estimate of drug-likeness (QED) is 0.218. The number of hydrogen-bond donors (Lipinski definition) is 1. The van der Waals surface area contributed by atoms with E-state index in [2.05, 4.69) is 44.3 Å². The molecule has 3 aromatic heterocycles. The number of para-hydroxylation sites is 2. The van der Waals surface area contributed by atoms with Crippen LogP contribution in [0.3, 0.4) is 0 Å². The lowest BCUT2D eigenvalue weighted by atomic mass is 10.1. The first-order valence-electron chi connectivity index (χ1n) is 12.5. The van der Waals surface area contributed by atoms with Gasteiger partial charge in [-0.15, -0.1) is 10.2 Å². The molecule has 0 spiro atoms. The number of nitrogens with zero attached hydrogens (tertiary/aromatic N) is 6. The van der Waals surface area contributed by atoms with Gasteiger partial charge in [0.1, 0.15) is 11.6 Å². The second-order valence-corrected chi connectivity index (χ2v) is 9.01. The van der Waals surface area contributed by atoms with Crippen LogP contribution in [0.1, 0.15) is 44.9 Å². The predicted molar refractivity (Wildman–Crippen MR) is 141 cm³/mol. The van der Waals surface area contributed by atoms with E-state index in [1.54, 1.807) is 0 Å². The number of aromatic nitrogens is 6. The van der Waals surface area contributed by atoms with Gasteiger partial charge < -0.3 is 14.6 Å². The van der Waals surface area contributed by atoms with Crippen molar-refractivity contribution in [1.29, 1.82) is 0 Å². The van der Waals surface area contributed by atoms with E-state index in [-0.39, 0.29) is 5.97 Å².